The second-order valence-electron chi connectivity index (χ2n) is 8.66. The highest BCUT2D eigenvalue weighted by Crippen LogP contribution is 2.64. The van der Waals surface area contributed by atoms with Crippen molar-refractivity contribution in [1.29, 1.82) is 0 Å². The molecule has 0 aromatic heterocycles. The summed E-state index contributed by atoms with van der Waals surface area (Å²) in [4.78, 5) is 31.3. The molecule has 1 amide bonds. The molecule has 2 aliphatic heterocycles. The molecule has 0 aromatic rings. The van der Waals surface area contributed by atoms with E-state index in [-0.39, 0.29) is 11.9 Å². The summed E-state index contributed by atoms with van der Waals surface area (Å²) in [5.74, 6) is -1.16. The minimum Gasteiger partial charge on any atom is -0.480 e. The van der Waals surface area contributed by atoms with Crippen LogP contribution in [0.4, 0.5) is 0 Å². The van der Waals surface area contributed by atoms with Gasteiger partial charge in [0.05, 0.1) is 0 Å². The fraction of sp³-hybridized carbons (Fsp3) is 0.889. The first-order valence-corrected chi connectivity index (χ1v) is 9.12. The lowest BCUT2D eigenvalue weighted by molar-refractivity contribution is -0.155. The Morgan fingerprint density at radius 1 is 1.12 bits per heavy atom. The van der Waals surface area contributed by atoms with Crippen LogP contribution in [0.25, 0.3) is 0 Å². The summed E-state index contributed by atoms with van der Waals surface area (Å²) in [5.41, 5.74) is -1.64. The van der Waals surface area contributed by atoms with Crippen LogP contribution < -0.4 is 0 Å². The molecule has 0 aromatic carbocycles. The number of rotatable bonds is 4. The molecule has 1 saturated carbocycles. The Bertz CT molecular complexity index is 528. The van der Waals surface area contributed by atoms with E-state index < -0.39 is 16.8 Å². The van der Waals surface area contributed by atoms with Crippen LogP contribution >= 0.6 is 0 Å². The standard InChI is InChI=1S/C18H31N3O3/c1-17(2)12-18(17,16(23)24)15(22)20(4)14-7-10-21(11-14)13-5-8-19(3)9-6-13/h13-14H,5-12H2,1-4H3,(H,23,24). The van der Waals surface area contributed by atoms with Crippen molar-refractivity contribution in [2.24, 2.45) is 10.8 Å². The minimum absolute atomic E-state index is 0.143. The van der Waals surface area contributed by atoms with E-state index in [0.29, 0.717) is 12.5 Å². The van der Waals surface area contributed by atoms with E-state index in [1.165, 1.54) is 12.8 Å². The highest BCUT2D eigenvalue weighted by atomic mass is 16.4. The van der Waals surface area contributed by atoms with Gasteiger partial charge in [-0.25, -0.2) is 0 Å². The predicted octanol–water partition coefficient (Wildman–Crippen LogP) is 1.11. The molecule has 24 heavy (non-hydrogen) atoms. The summed E-state index contributed by atoms with van der Waals surface area (Å²) in [7, 11) is 3.96. The highest BCUT2D eigenvalue weighted by molar-refractivity contribution is 6.06. The zero-order valence-electron chi connectivity index (χ0n) is 15.4. The third kappa shape index (κ3) is 2.73. The van der Waals surface area contributed by atoms with Crippen LogP contribution in [0.5, 0.6) is 0 Å². The van der Waals surface area contributed by atoms with Gasteiger partial charge in [-0.1, -0.05) is 13.8 Å². The molecule has 2 atom stereocenters. The number of carboxylic acids is 1. The molecule has 1 aliphatic carbocycles. The Labute approximate surface area is 144 Å². The Morgan fingerprint density at radius 3 is 2.21 bits per heavy atom. The maximum Gasteiger partial charge on any atom is 0.319 e. The van der Waals surface area contributed by atoms with Gasteiger partial charge in [-0.2, -0.15) is 0 Å². The number of hydrogen-bond donors (Lipinski definition) is 1. The molecule has 0 radical (unpaired) electrons. The van der Waals surface area contributed by atoms with Crippen molar-refractivity contribution in [3.63, 3.8) is 0 Å². The lowest BCUT2D eigenvalue weighted by atomic mass is 9.93. The van der Waals surface area contributed by atoms with E-state index in [9.17, 15) is 14.7 Å². The first-order valence-electron chi connectivity index (χ1n) is 9.12. The fourth-order valence-corrected chi connectivity index (χ4v) is 4.68. The summed E-state index contributed by atoms with van der Waals surface area (Å²) < 4.78 is 0. The van der Waals surface area contributed by atoms with Crippen molar-refractivity contribution in [2.75, 3.05) is 40.3 Å². The first kappa shape index (κ1) is 17.7. The highest BCUT2D eigenvalue weighted by Gasteiger charge is 2.72. The van der Waals surface area contributed by atoms with Crippen LogP contribution in [-0.2, 0) is 9.59 Å². The zero-order chi connectivity index (χ0) is 17.7. The van der Waals surface area contributed by atoms with Gasteiger partial charge in [-0.05, 0) is 51.2 Å². The monoisotopic (exact) mass is 337 g/mol. The number of likely N-dealkylation sites (tertiary alicyclic amines) is 2. The smallest absolute Gasteiger partial charge is 0.319 e. The van der Waals surface area contributed by atoms with Gasteiger partial charge in [0.2, 0.25) is 5.91 Å². The van der Waals surface area contributed by atoms with Crippen LogP contribution in [0.1, 0.15) is 39.5 Å². The Kier molecular flexibility index (Phi) is 4.41. The number of piperidine rings is 1. The summed E-state index contributed by atoms with van der Waals surface area (Å²) in [6, 6.07) is 0.755. The second-order valence-corrected chi connectivity index (χ2v) is 8.66. The summed E-state index contributed by atoms with van der Waals surface area (Å²) in [6.45, 7) is 7.93. The van der Waals surface area contributed by atoms with E-state index >= 15 is 0 Å². The average molecular weight is 337 g/mol. The largest absolute Gasteiger partial charge is 0.480 e. The molecule has 136 valence electrons. The maximum atomic E-state index is 12.9. The zero-order valence-corrected chi connectivity index (χ0v) is 15.4. The first-order chi connectivity index (χ1) is 11.2. The number of hydrogen-bond acceptors (Lipinski definition) is 4. The van der Waals surface area contributed by atoms with Gasteiger partial charge in [0.15, 0.2) is 5.41 Å². The number of carboxylic acid groups (broad SMARTS) is 1. The summed E-state index contributed by atoms with van der Waals surface area (Å²) in [6.07, 6.45) is 3.77. The van der Waals surface area contributed by atoms with Crippen molar-refractivity contribution in [3.8, 4) is 0 Å². The summed E-state index contributed by atoms with van der Waals surface area (Å²) in [5, 5.41) is 9.62. The molecule has 2 saturated heterocycles. The lowest BCUT2D eigenvalue weighted by Crippen LogP contribution is -2.48. The van der Waals surface area contributed by atoms with Gasteiger partial charge in [0.25, 0.3) is 0 Å². The van der Waals surface area contributed by atoms with Gasteiger partial charge >= 0.3 is 5.97 Å². The number of nitrogens with zero attached hydrogens (tertiary/aromatic N) is 3. The van der Waals surface area contributed by atoms with E-state index in [4.69, 9.17) is 0 Å². The van der Waals surface area contributed by atoms with E-state index in [2.05, 4.69) is 16.8 Å². The molecule has 1 N–H and O–H groups in total. The fourth-order valence-electron chi connectivity index (χ4n) is 4.68. The number of likely N-dealkylation sites (N-methyl/N-ethyl adjacent to an activating group) is 1. The van der Waals surface area contributed by atoms with Crippen molar-refractivity contribution < 1.29 is 14.7 Å². The van der Waals surface area contributed by atoms with Crippen LogP contribution in [0.3, 0.4) is 0 Å². The van der Waals surface area contributed by atoms with Gasteiger partial charge < -0.3 is 14.9 Å². The lowest BCUT2D eigenvalue weighted by Gasteiger charge is -2.35. The van der Waals surface area contributed by atoms with Crippen molar-refractivity contribution in [2.45, 2.75) is 51.6 Å². The van der Waals surface area contributed by atoms with E-state index in [0.717, 1.165) is 32.6 Å². The molecular formula is C18H31N3O3. The van der Waals surface area contributed by atoms with E-state index in [1.54, 1.807) is 11.9 Å². The van der Waals surface area contributed by atoms with Gasteiger partial charge in [-0.15, -0.1) is 0 Å². The number of amides is 1. The second kappa shape index (κ2) is 5.99. The van der Waals surface area contributed by atoms with Crippen molar-refractivity contribution >= 4 is 11.9 Å². The van der Waals surface area contributed by atoms with Gasteiger partial charge in [-0.3, -0.25) is 14.5 Å². The van der Waals surface area contributed by atoms with Crippen LogP contribution in [-0.4, -0.2) is 84.0 Å². The van der Waals surface area contributed by atoms with Crippen molar-refractivity contribution in [3.05, 3.63) is 0 Å². The number of carbonyl (C=O) groups excluding carboxylic acids is 1. The normalized spacial score (nSPS) is 34.2. The predicted molar refractivity (Wildman–Crippen MR) is 91.7 cm³/mol. The molecule has 2 unspecified atom stereocenters. The molecule has 0 spiro atoms. The Hall–Kier alpha value is -1.14. The Balaban J connectivity index is 1.61. The average Bonchev–Trinajstić information content (AvgIpc) is 2.90. The van der Waals surface area contributed by atoms with E-state index in [1.807, 2.05) is 13.8 Å². The van der Waals surface area contributed by atoms with Crippen molar-refractivity contribution in [1.82, 2.24) is 14.7 Å². The summed E-state index contributed by atoms with van der Waals surface area (Å²) >= 11 is 0. The third-order valence-corrected chi connectivity index (χ3v) is 6.73. The third-order valence-electron chi connectivity index (χ3n) is 6.73. The van der Waals surface area contributed by atoms with Crippen LogP contribution in [0.15, 0.2) is 0 Å². The molecule has 3 aliphatic rings. The molecule has 3 rings (SSSR count). The molecule has 6 heteroatoms. The topological polar surface area (TPSA) is 64.1 Å². The molecule has 0 bridgehead atoms. The van der Waals surface area contributed by atoms with Gasteiger partial charge in [0.1, 0.15) is 0 Å². The van der Waals surface area contributed by atoms with Crippen LogP contribution in [0, 0.1) is 10.8 Å². The van der Waals surface area contributed by atoms with Crippen LogP contribution in [0.2, 0.25) is 0 Å². The SMILES string of the molecule is CN1CCC(N2CCC(N(C)C(=O)C3(C(=O)O)CC3(C)C)C2)CC1. The molecule has 3 fully saturated rings. The number of carbonyl (C=O) groups is 2. The maximum absolute atomic E-state index is 12.9. The molecule has 2 heterocycles. The van der Waals surface area contributed by atoms with Gasteiger partial charge in [0, 0.05) is 32.2 Å². The molecular weight excluding hydrogens is 306 g/mol. The minimum atomic E-state index is -1.21. The Morgan fingerprint density at radius 2 is 1.71 bits per heavy atom. The quantitative estimate of drug-likeness (QED) is 0.779. The number of aliphatic carboxylic acids is 1. The molecule has 6 nitrogen and oxygen atoms in total.